The summed E-state index contributed by atoms with van der Waals surface area (Å²) in [6, 6.07) is 7.75. The van der Waals surface area contributed by atoms with Crippen molar-refractivity contribution in [2.24, 2.45) is 12.0 Å². The van der Waals surface area contributed by atoms with Crippen molar-refractivity contribution in [3.8, 4) is 12.3 Å². The molecule has 0 aliphatic carbocycles. The molecule has 6 heteroatoms. The van der Waals surface area contributed by atoms with Crippen molar-refractivity contribution in [2.75, 3.05) is 0 Å². The summed E-state index contributed by atoms with van der Waals surface area (Å²) < 4.78 is 4.45. The number of terminal acetylenes is 1. The standard InChI is InChI=1S/C16H14N4OS/c1-4-9-20-12-6-5-11(2)10-14(12)22-16(20)18-15(21)13-7-8-17-19(13)3/h1,5-8,10H,9H2,2-3H3. The molecule has 1 amide bonds. The quantitative estimate of drug-likeness (QED) is 0.681. The van der Waals surface area contributed by atoms with Crippen molar-refractivity contribution < 1.29 is 4.79 Å². The number of hydrogen-bond donors (Lipinski definition) is 0. The minimum atomic E-state index is -0.325. The van der Waals surface area contributed by atoms with E-state index in [0.29, 0.717) is 17.0 Å². The van der Waals surface area contributed by atoms with E-state index in [4.69, 9.17) is 6.42 Å². The molecular weight excluding hydrogens is 296 g/mol. The van der Waals surface area contributed by atoms with Gasteiger partial charge in [0, 0.05) is 13.2 Å². The maximum absolute atomic E-state index is 12.3. The Hall–Kier alpha value is -2.65. The summed E-state index contributed by atoms with van der Waals surface area (Å²) in [6.07, 6.45) is 7.03. The van der Waals surface area contributed by atoms with Crippen LogP contribution in [0.25, 0.3) is 10.2 Å². The van der Waals surface area contributed by atoms with Gasteiger partial charge in [-0.1, -0.05) is 23.3 Å². The Morgan fingerprint density at radius 1 is 1.45 bits per heavy atom. The largest absolute Gasteiger partial charge is 0.305 e. The van der Waals surface area contributed by atoms with E-state index in [0.717, 1.165) is 15.8 Å². The molecule has 0 bridgehead atoms. The molecule has 0 atom stereocenters. The Morgan fingerprint density at radius 3 is 2.95 bits per heavy atom. The van der Waals surface area contributed by atoms with Gasteiger partial charge in [0.15, 0.2) is 4.80 Å². The first-order chi connectivity index (χ1) is 10.6. The first kappa shape index (κ1) is 14.3. The molecular formula is C16H14N4OS. The maximum atomic E-state index is 12.3. The van der Waals surface area contributed by atoms with Gasteiger partial charge in [0.1, 0.15) is 5.69 Å². The van der Waals surface area contributed by atoms with Crippen LogP contribution in [0.2, 0.25) is 0 Å². The number of benzene rings is 1. The highest BCUT2D eigenvalue weighted by molar-refractivity contribution is 7.16. The van der Waals surface area contributed by atoms with E-state index in [2.05, 4.69) is 22.1 Å². The number of fused-ring (bicyclic) bond motifs is 1. The summed E-state index contributed by atoms with van der Waals surface area (Å²) in [4.78, 5) is 17.1. The zero-order valence-corrected chi connectivity index (χ0v) is 13.1. The van der Waals surface area contributed by atoms with Crippen LogP contribution in [0.4, 0.5) is 0 Å². The second-order valence-electron chi connectivity index (χ2n) is 4.90. The monoisotopic (exact) mass is 310 g/mol. The Bertz CT molecular complexity index is 968. The van der Waals surface area contributed by atoms with Gasteiger partial charge in [-0.3, -0.25) is 9.48 Å². The van der Waals surface area contributed by atoms with Crippen molar-refractivity contribution in [1.82, 2.24) is 14.3 Å². The molecule has 0 fully saturated rings. The average molecular weight is 310 g/mol. The van der Waals surface area contributed by atoms with Gasteiger partial charge in [-0.15, -0.1) is 6.42 Å². The zero-order chi connectivity index (χ0) is 15.7. The van der Waals surface area contributed by atoms with Crippen molar-refractivity contribution in [3.63, 3.8) is 0 Å². The number of carbonyl (C=O) groups excluding carboxylic acids is 1. The molecule has 5 nitrogen and oxygen atoms in total. The second kappa shape index (κ2) is 5.62. The number of rotatable bonds is 2. The van der Waals surface area contributed by atoms with E-state index < -0.39 is 0 Å². The molecule has 0 saturated heterocycles. The third-order valence-electron chi connectivity index (χ3n) is 3.32. The molecule has 0 aliphatic rings. The number of nitrogens with zero attached hydrogens (tertiary/aromatic N) is 4. The fraction of sp³-hybridized carbons (Fsp3) is 0.188. The van der Waals surface area contributed by atoms with Crippen molar-refractivity contribution in [3.05, 3.63) is 46.5 Å². The molecule has 3 rings (SSSR count). The van der Waals surface area contributed by atoms with Gasteiger partial charge in [-0.05, 0) is 30.7 Å². The van der Waals surface area contributed by atoms with Gasteiger partial charge in [0.2, 0.25) is 0 Å². The molecule has 0 N–H and O–H groups in total. The van der Waals surface area contributed by atoms with Gasteiger partial charge in [0.05, 0.1) is 16.8 Å². The number of carbonyl (C=O) groups is 1. The minimum absolute atomic E-state index is 0.325. The van der Waals surface area contributed by atoms with Crippen LogP contribution in [-0.2, 0) is 13.6 Å². The molecule has 0 saturated carbocycles. The SMILES string of the molecule is C#CCn1c(=NC(=O)c2ccnn2C)sc2cc(C)ccc21. The molecule has 0 unspecified atom stereocenters. The lowest BCUT2D eigenvalue weighted by atomic mass is 10.2. The smallest absolute Gasteiger partial charge is 0.297 e. The topological polar surface area (TPSA) is 52.2 Å². The molecule has 1 aromatic carbocycles. The lowest BCUT2D eigenvalue weighted by Gasteiger charge is -2.00. The van der Waals surface area contributed by atoms with Crippen molar-refractivity contribution in [2.45, 2.75) is 13.5 Å². The fourth-order valence-corrected chi connectivity index (χ4v) is 3.36. The van der Waals surface area contributed by atoms with Crippen LogP contribution in [-0.4, -0.2) is 20.3 Å². The highest BCUT2D eigenvalue weighted by Crippen LogP contribution is 2.19. The van der Waals surface area contributed by atoms with E-state index in [9.17, 15) is 4.79 Å². The molecule has 22 heavy (non-hydrogen) atoms. The third kappa shape index (κ3) is 2.47. The number of hydrogen-bond acceptors (Lipinski definition) is 3. The average Bonchev–Trinajstić information content (AvgIpc) is 3.03. The predicted molar refractivity (Wildman–Crippen MR) is 86.5 cm³/mol. The maximum Gasteiger partial charge on any atom is 0.297 e. The van der Waals surface area contributed by atoms with E-state index in [1.165, 1.54) is 16.0 Å². The van der Waals surface area contributed by atoms with Crippen LogP contribution in [0.5, 0.6) is 0 Å². The van der Waals surface area contributed by atoms with E-state index in [1.54, 1.807) is 19.3 Å². The molecule has 0 aliphatic heterocycles. The Balaban J connectivity index is 2.19. The fourth-order valence-electron chi connectivity index (χ4n) is 2.24. The van der Waals surface area contributed by atoms with Crippen molar-refractivity contribution in [1.29, 1.82) is 0 Å². The van der Waals surface area contributed by atoms with E-state index in [1.807, 2.05) is 23.6 Å². The lowest BCUT2D eigenvalue weighted by molar-refractivity contribution is 0.0989. The number of aromatic nitrogens is 3. The number of thiazole rings is 1. The molecule has 110 valence electrons. The molecule has 3 aromatic rings. The highest BCUT2D eigenvalue weighted by atomic mass is 32.1. The first-order valence-corrected chi connectivity index (χ1v) is 7.52. The van der Waals surface area contributed by atoms with Crippen molar-refractivity contribution >= 4 is 27.5 Å². The Kier molecular flexibility index (Phi) is 3.65. The Labute approximate surface area is 131 Å². The van der Waals surface area contributed by atoms with Gasteiger partial charge < -0.3 is 4.57 Å². The van der Waals surface area contributed by atoms with Crippen LogP contribution >= 0.6 is 11.3 Å². The van der Waals surface area contributed by atoms with Gasteiger partial charge in [0.25, 0.3) is 5.91 Å². The van der Waals surface area contributed by atoms with Crippen LogP contribution < -0.4 is 4.80 Å². The zero-order valence-electron chi connectivity index (χ0n) is 12.3. The van der Waals surface area contributed by atoms with Crippen LogP contribution in [0.3, 0.4) is 0 Å². The molecule has 0 spiro atoms. The summed E-state index contributed by atoms with van der Waals surface area (Å²) in [5.41, 5.74) is 2.59. The minimum Gasteiger partial charge on any atom is -0.305 e. The molecule has 2 aromatic heterocycles. The van der Waals surface area contributed by atoms with Gasteiger partial charge >= 0.3 is 0 Å². The van der Waals surface area contributed by atoms with Crippen LogP contribution in [0.15, 0.2) is 35.5 Å². The summed E-state index contributed by atoms with van der Waals surface area (Å²) in [7, 11) is 1.71. The van der Waals surface area contributed by atoms with Gasteiger partial charge in [-0.25, -0.2) is 0 Å². The normalized spacial score (nSPS) is 11.8. The van der Waals surface area contributed by atoms with Gasteiger partial charge in [-0.2, -0.15) is 10.1 Å². The highest BCUT2D eigenvalue weighted by Gasteiger charge is 2.11. The number of aryl methyl sites for hydroxylation is 2. The molecule has 2 heterocycles. The lowest BCUT2D eigenvalue weighted by Crippen LogP contribution is -2.17. The molecule has 0 radical (unpaired) electrons. The summed E-state index contributed by atoms with van der Waals surface area (Å²) >= 11 is 1.46. The van der Waals surface area contributed by atoms with E-state index in [-0.39, 0.29) is 5.91 Å². The third-order valence-corrected chi connectivity index (χ3v) is 4.37. The summed E-state index contributed by atoms with van der Waals surface area (Å²) in [5, 5.41) is 3.99. The predicted octanol–water partition coefficient (Wildman–Crippen LogP) is 2.12. The Morgan fingerprint density at radius 2 is 2.27 bits per heavy atom. The summed E-state index contributed by atoms with van der Waals surface area (Å²) in [5.74, 6) is 2.29. The van der Waals surface area contributed by atoms with E-state index >= 15 is 0 Å². The van der Waals surface area contributed by atoms with Crippen LogP contribution in [0.1, 0.15) is 16.1 Å². The number of amides is 1. The second-order valence-corrected chi connectivity index (χ2v) is 5.91. The summed E-state index contributed by atoms with van der Waals surface area (Å²) in [6.45, 7) is 2.41. The first-order valence-electron chi connectivity index (χ1n) is 6.70. The van der Waals surface area contributed by atoms with Crippen LogP contribution in [0, 0.1) is 19.3 Å².